The summed E-state index contributed by atoms with van der Waals surface area (Å²) in [6.07, 6.45) is 56.8. The number of esters is 3. The van der Waals surface area contributed by atoms with Crippen molar-refractivity contribution in [2.24, 2.45) is 0 Å². The number of carboxylic acids is 1. The third-order valence-corrected chi connectivity index (χ3v) is 13.2. The van der Waals surface area contributed by atoms with Crippen molar-refractivity contribution >= 4 is 23.9 Å². The average Bonchev–Trinajstić information content (AvgIpc) is 3.43. The predicted octanol–water partition coefficient (Wildman–Crippen LogP) is 15.7. The van der Waals surface area contributed by atoms with Gasteiger partial charge in [0, 0.05) is 12.8 Å². The minimum Gasteiger partial charge on any atom is -0.479 e. The molecule has 12 heteroatoms. The van der Waals surface area contributed by atoms with Crippen LogP contribution in [0, 0.1) is 0 Å². The van der Waals surface area contributed by atoms with Crippen LogP contribution in [0.5, 0.6) is 0 Å². The zero-order valence-corrected chi connectivity index (χ0v) is 48.2. The van der Waals surface area contributed by atoms with E-state index in [1.165, 1.54) is 77.0 Å². The lowest BCUT2D eigenvalue weighted by Crippen LogP contribution is -2.61. The number of carbonyl (C=O) groups excluding carboxylic acids is 3. The molecule has 1 aliphatic rings. The monoisotopic (exact) mass is 1080 g/mol. The molecule has 1 aliphatic heterocycles. The van der Waals surface area contributed by atoms with Crippen molar-refractivity contribution in [1.29, 1.82) is 0 Å². The number of aliphatic carboxylic acids is 1. The van der Waals surface area contributed by atoms with Gasteiger partial charge in [0.2, 0.25) is 0 Å². The van der Waals surface area contributed by atoms with E-state index in [1.807, 2.05) is 12.2 Å². The Hall–Kier alpha value is -4.36. The summed E-state index contributed by atoms with van der Waals surface area (Å²) in [4.78, 5) is 51.1. The number of carbonyl (C=O) groups is 4. The van der Waals surface area contributed by atoms with Gasteiger partial charge in [0.05, 0.1) is 13.0 Å². The Kier molecular flexibility index (Phi) is 48.0. The molecule has 0 radical (unpaired) electrons. The number of unbranched alkanes of at least 4 members (excludes halogenated alkanes) is 21. The van der Waals surface area contributed by atoms with Crippen LogP contribution in [0.1, 0.15) is 239 Å². The van der Waals surface area contributed by atoms with Crippen molar-refractivity contribution in [3.05, 3.63) is 97.2 Å². The van der Waals surface area contributed by atoms with E-state index in [1.54, 1.807) is 12.2 Å². The quantitative estimate of drug-likeness (QED) is 0.0228. The maximum Gasteiger partial charge on any atom is 0.335 e. The summed E-state index contributed by atoms with van der Waals surface area (Å²) < 4.78 is 28.3. The Morgan fingerprint density at radius 1 is 0.455 bits per heavy atom. The smallest absolute Gasteiger partial charge is 0.335 e. The van der Waals surface area contributed by atoms with Crippen LogP contribution in [-0.2, 0) is 42.9 Å². The van der Waals surface area contributed by atoms with Gasteiger partial charge in [-0.25, -0.2) is 4.79 Å². The van der Waals surface area contributed by atoms with Gasteiger partial charge < -0.3 is 39.0 Å². The van der Waals surface area contributed by atoms with Crippen LogP contribution in [0.25, 0.3) is 0 Å². The molecule has 0 bridgehead atoms. The molecule has 77 heavy (non-hydrogen) atoms. The second-order valence-corrected chi connectivity index (χ2v) is 20.2. The maximum absolute atomic E-state index is 13.2. The topological polar surface area (TPSA) is 175 Å². The van der Waals surface area contributed by atoms with Crippen LogP contribution in [-0.4, -0.2) is 89.2 Å². The molecular weight excluding hydrogens is 973 g/mol. The normalized spacial score (nSPS) is 18.7. The minimum absolute atomic E-state index is 0.149. The number of ether oxygens (including phenoxy) is 5. The molecule has 438 valence electrons. The molecule has 0 aromatic heterocycles. The highest BCUT2D eigenvalue weighted by Gasteiger charge is 2.50. The van der Waals surface area contributed by atoms with E-state index in [0.29, 0.717) is 19.3 Å². The molecule has 1 rings (SSSR count). The van der Waals surface area contributed by atoms with Crippen LogP contribution >= 0.6 is 0 Å². The fraction of sp³-hybridized carbons (Fsp3) is 0.692. The van der Waals surface area contributed by atoms with Gasteiger partial charge in [0.15, 0.2) is 24.6 Å². The van der Waals surface area contributed by atoms with E-state index >= 15 is 0 Å². The van der Waals surface area contributed by atoms with Gasteiger partial charge in [-0.2, -0.15) is 0 Å². The zero-order chi connectivity index (χ0) is 56.1. The molecule has 0 aromatic rings. The molecule has 1 saturated heterocycles. The van der Waals surface area contributed by atoms with Crippen molar-refractivity contribution in [2.75, 3.05) is 13.2 Å². The van der Waals surface area contributed by atoms with Gasteiger partial charge in [-0.1, -0.05) is 240 Å². The Labute approximate surface area is 466 Å². The summed E-state index contributed by atoms with van der Waals surface area (Å²) in [5.74, 6) is -3.29. The van der Waals surface area contributed by atoms with Gasteiger partial charge >= 0.3 is 23.9 Å². The van der Waals surface area contributed by atoms with Gasteiger partial charge in [-0.15, -0.1) is 0 Å². The Bertz CT molecular complexity index is 1710. The fourth-order valence-corrected chi connectivity index (χ4v) is 8.63. The first-order chi connectivity index (χ1) is 37.6. The summed E-state index contributed by atoms with van der Waals surface area (Å²) in [6, 6.07) is 0. The molecule has 0 spiro atoms. The number of rotatable bonds is 50. The van der Waals surface area contributed by atoms with Crippen molar-refractivity contribution in [3.8, 4) is 0 Å². The van der Waals surface area contributed by atoms with Crippen molar-refractivity contribution in [1.82, 2.24) is 0 Å². The van der Waals surface area contributed by atoms with E-state index in [2.05, 4.69) is 93.7 Å². The van der Waals surface area contributed by atoms with Crippen molar-refractivity contribution < 1.29 is 58.2 Å². The highest BCUT2D eigenvalue weighted by Crippen LogP contribution is 2.26. The van der Waals surface area contributed by atoms with Crippen LogP contribution in [0.15, 0.2) is 97.2 Å². The second kappa shape index (κ2) is 52.3. The van der Waals surface area contributed by atoms with Gasteiger partial charge in [0.25, 0.3) is 0 Å². The fourth-order valence-electron chi connectivity index (χ4n) is 8.63. The average molecular weight is 1080 g/mol. The number of hydrogen-bond acceptors (Lipinski definition) is 11. The number of hydrogen-bond donors (Lipinski definition) is 3. The summed E-state index contributed by atoms with van der Waals surface area (Å²) in [6.45, 7) is 5.73. The lowest BCUT2D eigenvalue weighted by atomic mass is 9.98. The van der Waals surface area contributed by atoms with Crippen LogP contribution in [0.3, 0.4) is 0 Å². The van der Waals surface area contributed by atoms with Gasteiger partial charge in [-0.05, 0) is 77.0 Å². The zero-order valence-electron chi connectivity index (χ0n) is 48.2. The predicted molar refractivity (Wildman–Crippen MR) is 312 cm³/mol. The Balaban J connectivity index is 2.74. The summed E-state index contributed by atoms with van der Waals surface area (Å²) >= 11 is 0. The third kappa shape index (κ3) is 42.3. The summed E-state index contributed by atoms with van der Waals surface area (Å²) in [5.41, 5.74) is 0. The number of allylic oxidation sites excluding steroid dienone is 15. The second-order valence-electron chi connectivity index (χ2n) is 20.2. The Morgan fingerprint density at radius 2 is 0.857 bits per heavy atom. The molecule has 12 nitrogen and oxygen atoms in total. The largest absolute Gasteiger partial charge is 0.479 e. The number of aliphatic hydroxyl groups is 2. The van der Waals surface area contributed by atoms with Gasteiger partial charge in [-0.3, -0.25) is 14.4 Å². The molecule has 1 heterocycles. The van der Waals surface area contributed by atoms with Crippen LogP contribution in [0.2, 0.25) is 0 Å². The molecule has 0 saturated carbocycles. The molecule has 0 amide bonds. The lowest BCUT2D eigenvalue weighted by molar-refractivity contribution is -0.301. The molecule has 6 atom stereocenters. The molecule has 6 unspecified atom stereocenters. The van der Waals surface area contributed by atoms with E-state index in [-0.39, 0.29) is 25.9 Å². The molecule has 0 aromatic carbocycles. The highest BCUT2D eigenvalue weighted by atomic mass is 16.7. The third-order valence-electron chi connectivity index (χ3n) is 13.2. The number of aliphatic hydroxyl groups excluding tert-OH is 2. The SMILES string of the molecule is CC/C=C\C/C=C\C/C=C\C/C=C\C/C=C\CC(=O)OC1C(OCC(COC(=O)CCCCCCCCC/C=C\C/C=C\C/C=C\CC)OC(=O)CCCCCCCCCCCCCCCCC)OC(C(=O)O)C(O)C1O. The summed E-state index contributed by atoms with van der Waals surface area (Å²) in [7, 11) is 0. The number of carboxylic acid groups (broad SMARTS) is 1. The first kappa shape index (κ1) is 70.7. The standard InChI is InChI=1S/C65H106O12/c1-4-7-10-13-16-19-22-25-28-29-32-33-36-39-42-45-48-51-57(66)73-54-56(75-58(67)52-49-46-43-40-37-34-30-26-23-20-17-14-11-8-5-2)55-74-65-63(61(70)60(69)62(77-65)64(71)72)76-59(68)53-50-47-44-41-38-35-31-27-24-21-18-15-12-9-6-3/h7,9-10,12,16,18-19,21,25,27-28,31,38,41,47,50,56,60-63,65,69-70H,4-6,8,11,13-15,17,20,22-24,26,29-30,32-37,39-40,42-46,48-49,51-55H2,1-3H3,(H,71,72)/b10-7-,12-9-,19-16-,21-18-,28-25-,31-27-,41-38-,50-47-. The van der Waals surface area contributed by atoms with E-state index in [0.717, 1.165) is 103 Å². The summed E-state index contributed by atoms with van der Waals surface area (Å²) in [5, 5.41) is 31.5. The molecule has 0 aliphatic carbocycles. The van der Waals surface area contributed by atoms with Crippen LogP contribution < -0.4 is 0 Å². The molecule has 3 N–H and O–H groups in total. The van der Waals surface area contributed by atoms with E-state index in [4.69, 9.17) is 23.7 Å². The van der Waals surface area contributed by atoms with Crippen molar-refractivity contribution in [2.45, 2.75) is 276 Å². The van der Waals surface area contributed by atoms with Crippen LogP contribution in [0.4, 0.5) is 0 Å². The van der Waals surface area contributed by atoms with E-state index in [9.17, 15) is 34.5 Å². The first-order valence-corrected chi connectivity index (χ1v) is 30.2. The lowest BCUT2D eigenvalue weighted by Gasteiger charge is -2.40. The minimum atomic E-state index is -1.94. The maximum atomic E-state index is 13.2. The molecular formula is C65H106O12. The Morgan fingerprint density at radius 3 is 1.31 bits per heavy atom. The van der Waals surface area contributed by atoms with E-state index < -0.39 is 67.3 Å². The first-order valence-electron chi connectivity index (χ1n) is 30.2. The van der Waals surface area contributed by atoms with Crippen molar-refractivity contribution in [3.63, 3.8) is 0 Å². The highest BCUT2D eigenvalue weighted by molar-refractivity contribution is 5.74. The molecule has 1 fully saturated rings. The van der Waals surface area contributed by atoms with Gasteiger partial charge in [0.1, 0.15) is 18.8 Å².